The zero-order chi connectivity index (χ0) is 22.5. The molecular formula is C22H24FN7O2. The number of piperidine rings is 1. The first-order valence-electron chi connectivity index (χ1n) is 10.4. The summed E-state index contributed by atoms with van der Waals surface area (Å²) in [5.74, 6) is 0.771. The zero-order valence-corrected chi connectivity index (χ0v) is 17.6. The second-order valence-electron chi connectivity index (χ2n) is 7.67. The molecule has 1 saturated heterocycles. The smallest absolute Gasteiger partial charge is 0.306 e. The molecule has 0 amide bonds. The molecule has 1 atom stereocenters. The first-order chi connectivity index (χ1) is 15.5. The molecule has 1 fully saturated rings. The Kier molecular flexibility index (Phi) is 6.39. The van der Waals surface area contributed by atoms with Gasteiger partial charge in [0.15, 0.2) is 0 Å². The summed E-state index contributed by atoms with van der Waals surface area (Å²) in [5.41, 5.74) is 0.895. The van der Waals surface area contributed by atoms with Crippen LogP contribution >= 0.6 is 0 Å². The molecule has 3 heterocycles. The van der Waals surface area contributed by atoms with E-state index in [0.717, 1.165) is 5.56 Å². The lowest BCUT2D eigenvalue weighted by atomic mass is 9.97. The van der Waals surface area contributed by atoms with Crippen molar-refractivity contribution in [1.29, 1.82) is 0 Å². The molecule has 0 unspecified atom stereocenters. The molecule has 9 nitrogen and oxygen atoms in total. The zero-order valence-electron chi connectivity index (χ0n) is 17.6. The minimum absolute atomic E-state index is 0.159. The molecule has 32 heavy (non-hydrogen) atoms. The summed E-state index contributed by atoms with van der Waals surface area (Å²) in [4.78, 5) is 30.8. The van der Waals surface area contributed by atoms with Crippen molar-refractivity contribution in [2.75, 3.05) is 28.6 Å². The summed E-state index contributed by atoms with van der Waals surface area (Å²) in [7, 11) is 0. The van der Waals surface area contributed by atoms with Gasteiger partial charge < -0.3 is 20.6 Å². The molecule has 0 radical (unpaired) electrons. The van der Waals surface area contributed by atoms with Crippen molar-refractivity contribution in [1.82, 2.24) is 19.9 Å². The Morgan fingerprint density at radius 1 is 1.16 bits per heavy atom. The van der Waals surface area contributed by atoms with E-state index < -0.39 is 5.97 Å². The summed E-state index contributed by atoms with van der Waals surface area (Å²) in [6.45, 7) is 3.12. The molecule has 2 aromatic heterocycles. The van der Waals surface area contributed by atoms with Crippen molar-refractivity contribution in [2.45, 2.75) is 25.8 Å². The fourth-order valence-corrected chi connectivity index (χ4v) is 3.60. The number of carboxylic acid groups (broad SMARTS) is 1. The van der Waals surface area contributed by atoms with Crippen LogP contribution in [0.1, 0.15) is 31.4 Å². The van der Waals surface area contributed by atoms with Crippen LogP contribution in [0.2, 0.25) is 0 Å². The number of anilines is 4. The summed E-state index contributed by atoms with van der Waals surface area (Å²) < 4.78 is 13.3. The van der Waals surface area contributed by atoms with Gasteiger partial charge >= 0.3 is 5.97 Å². The van der Waals surface area contributed by atoms with Crippen LogP contribution in [0.5, 0.6) is 0 Å². The Balaban J connectivity index is 1.58. The maximum atomic E-state index is 13.3. The van der Waals surface area contributed by atoms with Gasteiger partial charge in [0, 0.05) is 31.5 Å². The highest BCUT2D eigenvalue weighted by molar-refractivity contribution is 5.70. The number of carbonyl (C=O) groups is 1. The van der Waals surface area contributed by atoms with Crippen LogP contribution in [0.3, 0.4) is 0 Å². The van der Waals surface area contributed by atoms with Crippen LogP contribution in [0.15, 0.2) is 48.9 Å². The van der Waals surface area contributed by atoms with Crippen molar-refractivity contribution >= 4 is 29.4 Å². The molecule has 0 saturated carbocycles. The molecular weight excluding hydrogens is 413 g/mol. The van der Waals surface area contributed by atoms with Crippen molar-refractivity contribution in [2.24, 2.45) is 5.92 Å². The largest absolute Gasteiger partial charge is 0.481 e. The summed E-state index contributed by atoms with van der Waals surface area (Å²) in [6, 6.07) is 7.91. The van der Waals surface area contributed by atoms with Crippen molar-refractivity contribution in [3.8, 4) is 0 Å². The summed E-state index contributed by atoms with van der Waals surface area (Å²) in [6.07, 6.45) is 5.87. The number of carboxylic acids is 1. The Labute approximate surface area is 184 Å². The van der Waals surface area contributed by atoms with Gasteiger partial charge in [-0.2, -0.15) is 9.97 Å². The van der Waals surface area contributed by atoms with E-state index in [0.29, 0.717) is 49.3 Å². The lowest BCUT2D eigenvalue weighted by molar-refractivity contribution is -0.142. The highest BCUT2D eigenvalue weighted by atomic mass is 19.1. The average molecular weight is 437 g/mol. The van der Waals surface area contributed by atoms with Gasteiger partial charge in [-0.1, -0.05) is 12.1 Å². The van der Waals surface area contributed by atoms with E-state index in [1.807, 2.05) is 13.0 Å². The van der Waals surface area contributed by atoms with E-state index >= 15 is 0 Å². The Bertz CT molecular complexity index is 1060. The van der Waals surface area contributed by atoms with Gasteiger partial charge in [-0.25, -0.2) is 9.37 Å². The van der Waals surface area contributed by atoms with Gasteiger partial charge in [0.25, 0.3) is 0 Å². The molecule has 166 valence electrons. The predicted molar refractivity (Wildman–Crippen MR) is 118 cm³/mol. The van der Waals surface area contributed by atoms with Gasteiger partial charge in [0.1, 0.15) is 23.3 Å². The summed E-state index contributed by atoms with van der Waals surface area (Å²) in [5, 5.41) is 15.7. The van der Waals surface area contributed by atoms with Gasteiger partial charge in [0.2, 0.25) is 5.95 Å². The number of aromatic nitrogens is 4. The second kappa shape index (κ2) is 9.54. The normalized spacial score (nSPS) is 15.2. The monoisotopic (exact) mass is 437 g/mol. The third-order valence-electron chi connectivity index (χ3n) is 5.42. The third kappa shape index (κ3) is 5.26. The van der Waals surface area contributed by atoms with Crippen LogP contribution in [0.25, 0.3) is 0 Å². The summed E-state index contributed by atoms with van der Waals surface area (Å²) >= 11 is 0. The number of benzene rings is 1. The van der Waals surface area contributed by atoms with Crippen LogP contribution in [-0.4, -0.2) is 44.1 Å². The lowest BCUT2D eigenvalue weighted by Crippen LogP contribution is -2.37. The minimum Gasteiger partial charge on any atom is -0.481 e. The number of hydrogen-bond acceptors (Lipinski definition) is 8. The molecule has 1 aromatic carbocycles. The van der Waals surface area contributed by atoms with E-state index in [-0.39, 0.29) is 17.8 Å². The number of hydrogen-bond donors (Lipinski definition) is 3. The lowest BCUT2D eigenvalue weighted by Gasteiger charge is -2.31. The minimum atomic E-state index is -0.757. The SMILES string of the molecule is C[C@H](Nc1nc(Nc2cnccn2)cc(N2CCC(C(=O)O)CC2)n1)c1ccc(F)cc1. The predicted octanol–water partition coefficient (Wildman–Crippen LogP) is 3.62. The Morgan fingerprint density at radius 3 is 2.56 bits per heavy atom. The Morgan fingerprint density at radius 2 is 1.91 bits per heavy atom. The van der Waals surface area contributed by atoms with E-state index in [4.69, 9.17) is 0 Å². The average Bonchev–Trinajstić information content (AvgIpc) is 2.80. The van der Waals surface area contributed by atoms with Crippen molar-refractivity contribution < 1.29 is 14.3 Å². The maximum absolute atomic E-state index is 13.3. The van der Waals surface area contributed by atoms with Gasteiger partial charge in [0.05, 0.1) is 18.2 Å². The van der Waals surface area contributed by atoms with Gasteiger partial charge in [-0.05, 0) is 37.5 Å². The van der Waals surface area contributed by atoms with E-state index in [1.165, 1.54) is 12.1 Å². The fraction of sp³-hybridized carbons (Fsp3) is 0.318. The number of rotatable bonds is 7. The first kappa shape index (κ1) is 21.4. The number of halogens is 1. The molecule has 3 N–H and O–H groups in total. The maximum Gasteiger partial charge on any atom is 0.306 e. The van der Waals surface area contributed by atoms with Crippen molar-refractivity contribution in [3.05, 3.63) is 60.3 Å². The standard InChI is InChI=1S/C22H24FN7O2/c1-14(15-2-4-17(23)5-3-15)26-22-28-18(27-19-13-24-8-9-25-19)12-20(29-22)30-10-6-16(7-11-30)21(31)32/h2-5,8-9,12-14,16H,6-7,10-11H2,1H3,(H,31,32)(H2,25,26,27,28,29)/t14-/m0/s1. The van der Waals surface area contributed by atoms with Crippen molar-refractivity contribution in [3.63, 3.8) is 0 Å². The van der Waals surface area contributed by atoms with Gasteiger partial charge in [-0.15, -0.1) is 0 Å². The molecule has 10 heteroatoms. The van der Waals surface area contributed by atoms with Crippen LogP contribution < -0.4 is 15.5 Å². The second-order valence-corrected chi connectivity index (χ2v) is 7.67. The number of nitrogens with zero attached hydrogens (tertiary/aromatic N) is 5. The van der Waals surface area contributed by atoms with Crippen LogP contribution in [0, 0.1) is 11.7 Å². The Hall–Kier alpha value is -3.82. The molecule has 0 aliphatic carbocycles. The van der Waals surface area contributed by atoms with E-state index in [9.17, 15) is 14.3 Å². The van der Waals surface area contributed by atoms with Crippen LogP contribution in [0.4, 0.5) is 27.8 Å². The van der Waals surface area contributed by atoms with E-state index in [1.54, 1.807) is 30.7 Å². The first-order valence-corrected chi connectivity index (χ1v) is 10.4. The highest BCUT2D eigenvalue weighted by Crippen LogP contribution is 2.27. The molecule has 4 rings (SSSR count). The fourth-order valence-electron chi connectivity index (χ4n) is 3.60. The highest BCUT2D eigenvalue weighted by Gasteiger charge is 2.26. The van der Waals surface area contributed by atoms with Crippen LogP contribution in [-0.2, 0) is 4.79 Å². The number of aliphatic carboxylic acids is 1. The molecule has 0 bridgehead atoms. The topological polar surface area (TPSA) is 116 Å². The molecule has 0 spiro atoms. The molecule has 3 aromatic rings. The molecule has 1 aliphatic rings. The third-order valence-corrected chi connectivity index (χ3v) is 5.42. The number of nitrogens with one attached hydrogen (secondary N) is 2. The van der Waals surface area contributed by atoms with E-state index in [2.05, 4.69) is 35.5 Å². The molecule has 1 aliphatic heterocycles. The quantitative estimate of drug-likeness (QED) is 0.509. The van der Waals surface area contributed by atoms with Gasteiger partial charge in [-0.3, -0.25) is 9.78 Å².